The highest BCUT2D eigenvalue weighted by molar-refractivity contribution is 7.98. The minimum absolute atomic E-state index is 0.241. The fourth-order valence-electron chi connectivity index (χ4n) is 1.43. The maximum absolute atomic E-state index is 8.90. The summed E-state index contributed by atoms with van der Waals surface area (Å²) in [4.78, 5) is 0. The minimum Gasteiger partial charge on any atom is -0.396 e. The van der Waals surface area contributed by atoms with E-state index in [4.69, 9.17) is 5.11 Å². The van der Waals surface area contributed by atoms with Crippen molar-refractivity contribution in [3.05, 3.63) is 18.0 Å². The van der Waals surface area contributed by atoms with Gasteiger partial charge in [-0.1, -0.05) is 0 Å². The average Bonchev–Trinajstić information content (AvgIpc) is 2.61. The number of aliphatic hydroxyl groups is 1. The molecule has 0 radical (unpaired) electrons. The van der Waals surface area contributed by atoms with Crippen LogP contribution in [0.3, 0.4) is 0 Å². The zero-order valence-electron chi connectivity index (χ0n) is 9.31. The lowest BCUT2D eigenvalue weighted by Gasteiger charge is -2.15. The molecule has 1 atom stereocenters. The van der Waals surface area contributed by atoms with Crippen LogP contribution in [0.25, 0.3) is 0 Å². The molecule has 15 heavy (non-hydrogen) atoms. The first-order valence-electron chi connectivity index (χ1n) is 5.07. The number of hydrogen-bond acceptors (Lipinski definition) is 4. The molecule has 2 N–H and O–H groups in total. The van der Waals surface area contributed by atoms with Crippen molar-refractivity contribution in [2.75, 3.05) is 18.6 Å². The van der Waals surface area contributed by atoms with Crippen LogP contribution in [0.1, 0.15) is 12.0 Å². The highest BCUT2D eigenvalue weighted by Crippen LogP contribution is 2.03. The molecule has 0 aliphatic carbocycles. The van der Waals surface area contributed by atoms with Gasteiger partial charge in [0.05, 0.1) is 6.20 Å². The number of thioether (sulfide) groups is 1. The van der Waals surface area contributed by atoms with Crippen molar-refractivity contribution >= 4 is 11.8 Å². The van der Waals surface area contributed by atoms with E-state index < -0.39 is 0 Å². The lowest BCUT2D eigenvalue weighted by atomic mass is 10.2. The Kier molecular flexibility index (Phi) is 5.75. The molecule has 0 spiro atoms. The SMILES string of the molecule is CSCC(CCO)NCc1cnn(C)c1. The lowest BCUT2D eigenvalue weighted by molar-refractivity contribution is 0.270. The Balaban J connectivity index is 2.32. The van der Waals surface area contributed by atoms with Crippen molar-refractivity contribution in [1.29, 1.82) is 0 Å². The number of aromatic nitrogens is 2. The van der Waals surface area contributed by atoms with Gasteiger partial charge in [-0.05, 0) is 12.7 Å². The predicted molar refractivity (Wildman–Crippen MR) is 63.9 cm³/mol. The van der Waals surface area contributed by atoms with Crippen LogP contribution < -0.4 is 5.32 Å². The van der Waals surface area contributed by atoms with Gasteiger partial charge in [0.25, 0.3) is 0 Å². The van der Waals surface area contributed by atoms with Crippen LogP contribution in [-0.2, 0) is 13.6 Å². The first-order chi connectivity index (χ1) is 7.26. The zero-order chi connectivity index (χ0) is 11.1. The van der Waals surface area contributed by atoms with Gasteiger partial charge in [0.15, 0.2) is 0 Å². The maximum Gasteiger partial charge on any atom is 0.0534 e. The molecular weight excluding hydrogens is 210 g/mol. The fourth-order valence-corrected chi connectivity index (χ4v) is 2.11. The first-order valence-corrected chi connectivity index (χ1v) is 6.46. The topological polar surface area (TPSA) is 50.1 Å². The molecule has 86 valence electrons. The molecule has 1 unspecified atom stereocenters. The third-order valence-corrected chi connectivity index (χ3v) is 2.93. The molecule has 0 saturated heterocycles. The summed E-state index contributed by atoms with van der Waals surface area (Å²) < 4.78 is 1.80. The van der Waals surface area contributed by atoms with Crippen molar-refractivity contribution in [2.45, 2.75) is 19.0 Å². The van der Waals surface area contributed by atoms with Crippen LogP contribution in [0, 0.1) is 0 Å². The van der Waals surface area contributed by atoms with E-state index in [2.05, 4.69) is 16.7 Å². The van der Waals surface area contributed by atoms with Gasteiger partial charge < -0.3 is 10.4 Å². The molecule has 0 bridgehead atoms. The van der Waals surface area contributed by atoms with Crippen LogP contribution in [0.2, 0.25) is 0 Å². The molecule has 0 aromatic carbocycles. The van der Waals surface area contributed by atoms with Gasteiger partial charge in [-0.2, -0.15) is 16.9 Å². The maximum atomic E-state index is 8.90. The normalized spacial score (nSPS) is 13.0. The number of aliphatic hydroxyl groups excluding tert-OH is 1. The van der Waals surface area contributed by atoms with E-state index in [0.29, 0.717) is 6.04 Å². The molecule has 1 heterocycles. The van der Waals surface area contributed by atoms with E-state index in [1.807, 2.05) is 19.4 Å². The van der Waals surface area contributed by atoms with Crippen LogP contribution in [0.15, 0.2) is 12.4 Å². The Labute approximate surface area is 95.1 Å². The molecular formula is C10H19N3OS. The van der Waals surface area contributed by atoms with Gasteiger partial charge in [-0.15, -0.1) is 0 Å². The van der Waals surface area contributed by atoms with Gasteiger partial charge in [0.1, 0.15) is 0 Å². The number of rotatable bonds is 7. The Morgan fingerprint density at radius 3 is 3.00 bits per heavy atom. The smallest absolute Gasteiger partial charge is 0.0534 e. The second kappa shape index (κ2) is 6.87. The zero-order valence-corrected chi connectivity index (χ0v) is 10.1. The van der Waals surface area contributed by atoms with Gasteiger partial charge in [-0.25, -0.2) is 0 Å². The van der Waals surface area contributed by atoms with Crippen LogP contribution in [-0.4, -0.2) is 39.5 Å². The Morgan fingerprint density at radius 2 is 2.47 bits per heavy atom. The number of nitrogens with zero attached hydrogens (tertiary/aromatic N) is 2. The summed E-state index contributed by atoms with van der Waals surface area (Å²) in [6.07, 6.45) is 6.75. The van der Waals surface area contributed by atoms with E-state index in [-0.39, 0.29) is 6.61 Å². The van der Waals surface area contributed by atoms with E-state index >= 15 is 0 Å². The Morgan fingerprint density at radius 1 is 1.67 bits per heavy atom. The third-order valence-electron chi connectivity index (χ3n) is 2.20. The number of aryl methyl sites for hydroxylation is 1. The molecule has 4 nitrogen and oxygen atoms in total. The molecule has 0 aliphatic heterocycles. The standard InChI is InChI=1S/C10H19N3OS/c1-13-7-9(6-12-13)5-11-10(3-4-14)8-15-2/h6-7,10-11,14H,3-5,8H2,1-2H3. The van der Waals surface area contributed by atoms with Gasteiger partial charge in [-0.3, -0.25) is 4.68 Å². The number of nitrogens with one attached hydrogen (secondary N) is 1. The van der Waals surface area contributed by atoms with E-state index in [1.54, 1.807) is 16.4 Å². The summed E-state index contributed by atoms with van der Waals surface area (Å²) in [5, 5.41) is 16.4. The third kappa shape index (κ3) is 4.68. The summed E-state index contributed by atoms with van der Waals surface area (Å²) in [7, 11) is 1.91. The highest BCUT2D eigenvalue weighted by atomic mass is 32.2. The van der Waals surface area contributed by atoms with Crippen LogP contribution >= 0.6 is 11.8 Å². The molecule has 0 aliphatic rings. The molecule has 1 rings (SSSR count). The molecule has 1 aromatic heterocycles. The second-order valence-electron chi connectivity index (χ2n) is 3.57. The van der Waals surface area contributed by atoms with Crippen LogP contribution in [0.5, 0.6) is 0 Å². The summed E-state index contributed by atoms with van der Waals surface area (Å²) in [6, 6.07) is 0.380. The minimum atomic E-state index is 0.241. The largest absolute Gasteiger partial charge is 0.396 e. The van der Waals surface area contributed by atoms with Crippen molar-refractivity contribution in [1.82, 2.24) is 15.1 Å². The average molecular weight is 229 g/mol. The first kappa shape index (κ1) is 12.5. The molecule has 5 heteroatoms. The predicted octanol–water partition coefficient (Wildman–Crippen LogP) is 0.624. The Bertz CT molecular complexity index is 271. The quantitative estimate of drug-likeness (QED) is 0.720. The molecule has 1 aromatic rings. The number of hydrogen-bond donors (Lipinski definition) is 2. The fraction of sp³-hybridized carbons (Fsp3) is 0.700. The van der Waals surface area contributed by atoms with Gasteiger partial charge >= 0.3 is 0 Å². The van der Waals surface area contributed by atoms with E-state index in [0.717, 1.165) is 18.7 Å². The Hall–Kier alpha value is -0.520. The van der Waals surface area contributed by atoms with E-state index in [1.165, 1.54) is 5.56 Å². The molecule has 0 fully saturated rings. The highest BCUT2D eigenvalue weighted by Gasteiger charge is 2.06. The van der Waals surface area contributed by atoms with Crippen molar-refractivity contribution in [3.63, 3.8) is 0 Å². The van der Waals surface area contributed by atoms with Crippen molar-refractivity contribution in [3.8, 4) is 0 Å². The van der Waals surface area contributed by atoms with Crippen molar-refractivity contribution in [2.24, 2.45) is 7.05 Å². The monoisotopic (exact) mass is 229 g/mol. The van der Waals surface area contributed by atoms with E-state index in [9.17, 15) is 0 Å². The second-order valence-corrected chi connectivity index (χ2v) is 4.48. The van der Waals surface area contributed by atoms with Crippen molar-refractivity contribution < 1.29 is 5.11 Å². The molecule has 0 amide bonds. The summed E-state index contributed by atoms with van der Waals surface area (Å²) >= 11 is 1.80. The summed E-state index contributed by atoms with van der Waals surface area (Å²) in [5.41, 5.74) is 1.18. The lowest BCUT2D eigenvalue weighted by Crippen LogP contribution is -2.31. The van der Waals surface area contributed by atoms with Gasteiger partial charge in [0, 0.05) is 43.8 Å². The molecule has 0 saturated carbocycles. The summed E-state index contributed by atoms with van der Waals surface area (Å²) in [5.74, 6) is 1.03. The van der Waals surface area contributed by atoms with Crippen LogP contribution in [0.4, 0.5) is 0 Å². The summed E-state index contributed by atoms with van der Waals surface area (Å²) in [6.45, 7) is 1.06. The van der Waals surface area contributed by atoms with Gasteiger partial charge in [0.2, 0.25) is 0 Å².